The van der Waals surface area contributed by atoms with Crippen LogP contribution in [-0.4, -0.2) is 18.3 Å². The molecule has 0 heterocycles. The number of aliphatic hydroxyl groups is 1. The van der Waals surface area contributed by atoms with E-state index in [1.807, 2.05) is 19.1 Å². The highest BCUT2D eigenvalue weighted by molar-refractivity contribution is 5.89. The van der Waals surface area contributed by atoms with Crippen LogP contribution in [0.5, 0.6) is 5.75 Å². The van der Waals surface area contributed by atoms with Gasteiger partial charge in [0.2, 0.25) is 0 Å². The molecule has 2 aromatic rings. The zero-order chi connectivity index (χ0) is 15.1. The normalized spacial score (nSPS) is 12.5. The number of fused-ring (bicyclic) bond motifs is 1. The SMILES string of the molecule is CC(N)c1ccc2ccccc2c1OCCCCCCO. The first-order valence-corrected chi connectivity index (χ1v) is 7.75. The van der Waals surface area contributed by atoms with Gasteiger partial charge in [-0.1, -0.05) is 42.8 Å². The van der Waals surface area contributed by atoms with Gasteiger partial charge in [-0.3, -0.25) is 0 Å². The average Bonchev–Trinajstić information content (AvgIpc) is 2.50. The Kier molecular flexibility index (Phi) is 6.03. The van der Waals surface area contributed by atoms with Crippen molar-refractivity contribution in [2.75, 3.05) is 13.2 Å². The summed E-state index contributed by atoms with van der Waals surface area (Å²) in [6, 6.07) is 12.4. The van der Waals surface area contributed by atoms with Crippen molar-refractivity contribution in [2.45, 2.75) is 38.6 Å². The van der Waals surface area contributed by atoms with Crippen LogP contribution in [0, 0.1) is 0 Å². The van der Waals surface area contributed by atoms with Gasteiger partial charge in [0.1, 0.15) is 5.75 Å². The number of ether oxygens (including phenoxy) is 1. The van der Waals surface area contributed by atoms with Crippen LogP contribution in [0.25, 0.3) is 10.8 Å². The molecule has 0 radical (unpaired) electrons. The van der Waals surface area contributed by atoms with Gasteiger partial charge in [-0.25, -0.2) is 0 Å². The van der Waals surface area contributed by atoms with E-state index in [1.54, 1.807) is 0 Å². The maximum Gasteiger partial charge on any atom is 0.131 e. The summed E-state index contributed by atoms with van der Waals surface area (Å²) >= 11 is 0. The van der Waals surface area contributed by atoms with E-state index in [-0.39, 0.29) is 12.6 Å². The lowest BCUT2D eigenvalue weighted by atomic mass is 10.0. The quantitative estimate of drug-likeness (QED) is 0.726. The summed E-state index contributed by atoms with van der Waals surface area (Å²) < 4.78 is 6.05. The molecule has 3 heteroatoms. The molecule has 0 bridgehead atoms. The molecule has 0 aromatic heterocycles. The number of unbranched alkanes of at least 4 members (excludes halogenated alkanes) is 3. The lowest BCUT2D eigenvalue weighted by molar-refractivity contribution is 0.273. The van der Waals surface area contributed by atoms with Crippen LogP contribution < -0.4 is 10.5 Å². The summed E-state index contributed by atoms with van der Waals surface area (Å²) in [7, 11) is 0. The molecule has 0 aliphatic heterocycles. The van der Waals surface area contributed by atoms with Crippen LogP contribution in [0.3, 0.4) is 0 Å². The van der Waals surface area contributed by atoms with Gasteiger partial charge in [0.05, 0.1) is 6.61 Å². The molecule has 21 heavy (non-hydrogen) atoms. The molecule has 0 saturated carbocycles. The van der Waals surface area contributed by atoms with Crippen molar-refractivity contribution >= 4 is 10.8 Å². The molecule has 0 aliphatic rings. The molecule has 0 fully saturated rings. The Morgan fingerprint density at radius 1 is 1.05 bits per heavy atom. The van der Waals surface area contributed by atoms with E-state index in [0.717, 1.165) is 42.4 Å². The molecule has 0 saturated heterocycles. The lowest BCUT2D eigenvalue weighted by Gasteiger charge is -2.16. The van der Waals surface area contributed by atoms with E-state index in [9.17, 15) is 0 Å². The molecule has 2 rings (SSSR count). The molecule has 0 amide bonds. The van der Waals surface area contributed by atoms with Crippen molar-refractivity contribution in [1.29, 1.82) is 0 Å². The third-order valence-electron chi connectivity index (χ3n) is 3.70. The molecule has 1 atom stereocenters. The number of aliphatic hydroxyl groups excluding tert-OH is 1. The molecule has 0 spiro atoms. The van der Waals surface area contributed by atoms with E-state index in [4.69, 9.17) is 15.6 Å². The largest absolute Gasteiger partial charge is 0.493 e. The smallest absolute Gasteiger partial charge is 0.131 e. The third kappa shape index (κ3) is 4.19. The van der Waals surface area contributed by atoms with Crippen molar-refractivity contribution in [2.24, 2.45) is 5.73 Å². The molecule has 0 aliphatic carbocycles. The van der Waals surface area contributed by atoms with Crippen LogP contribution in [0.2, 0.25) is 0 Å². The zero-order valence-electron chi connectivity index (χ0n) is 12.7. The fourth-order valence-corrected chi connectivity index (χ4v) is 2.52. The van der Waals surface area contributed by atoms with Crippen molar-refractivity contribution in [3.63, 3.8) is 0 Å². The first-order valence-electron chi connectivity index (χ1n) is 7.75. The Morgan fingerprint density at radius 2 is 1.81 bits per heavy atom. The summed E-state index contributed by atoms with van der Waals surface area (Å²) in [5, 5.41) is 11.1. The average molecular weight is 287 g/mol. The predicted molar refractivity (Wildman–Crippen MR) is 87.6 cm³/mol. The Bertz CT molecular complexity index is 566. The predicted octanol–water partition coefficient (Wildman–Crippen LogP) is 3.79. The summed E-state index contributed by atoms with van der Waals surface area (Å²) in [6.45, 7) is 2.95. The van der Waals surface area contributed by atoms with Gasteiger partial charge in [0.15, 0.2) is 0 Å². The maximum absolute atomic E-state index is 8.77. The molecule has 1 unspecified atom stereocenters. The lowest BCUT2D eigenvalue weighted by Crippen LogP contribution is -2.09. The topological polar surface area (TPSA) is 55.5 Å². The highest BCUT2D eigenvalue weighted by Gasteiger charge is 2.11. The van der Waals surface area contributed by atoms with Crippen molar-refractivity contribution in [3.8, 4) is 5.75 Å². The zero-order valence-corrected chi connectivity index (χ0v) is 12.7. The van der Waals surface area contributed by atoms with Gasteiger partial charge in [-0.15, -0.1) is 0 Å². The molecule has 3 N–H and O–H groups in total. The molecular weight excluding hydrogens is 262 g/mol. The number of benzene rings is 2. The fraction of sp³-hybridized carbons (Fsp3) is 0.444. The van der Waals surface area contributed by atoms with Crippen molar-refractivity contribution < 1.29 is 9.84 Å². The Morgan fingerprint density at radius 3 is 2.57 bits per heavy atom. The van der Waals surface area contributed by atoms with Crippen LogP contribution >= 0.6 is 0 Å². The van der Waals surface area contributed by atoms with Gasteiger partial charge in [-0.2, -0.15) is 0 Å². The Balaban J connectivity index is 2.10. The second-order valence-electron chi connectivity index (χ2n) is 5.48. The Hall–Kier alpha value is -1.58. The monoisotopic (exact) mass is 287 g/mol. The standard InChI is InChI=1S/C18H25NO2/c1-14(19)16-11-10-15-8-4-5-9-17(15)18(16)21-13-7-3-2-6-12-20/h4-5,8-11,14,20H,2-3,6-7,12-13,19H2,1H3. The van der Waals surface area contributed by atoms with Gasteiger partial charge < -0.3 is 15.6 Å². The minimum Gasteiger partial charge on any atom is -0.493 e. The minimum absolute atomic E-state index is 0.0426. The number of hydrogen-bond donors (Lipinski definition) is 2. The first-order chi connectivity index (χ1) is 10.2. The van der Waals surface area contributed by atoms with Crippen LogP contribution in [-0.2, 0) is 0 Å². The van der Waals surface area contributed by atoms with Crippen molar-refractivity contribution in [3.05, 3.63) is 42.0 Å². The van der Waals surface area contributed by atoms with E-state index >= 15 is 0 Å². The fourth-order valence-electron chi connectivity index (χ4n) is 2.52. The van der Waals surface area contributed by atoms with E-state index in [2.05, 4.69) is 24.3 Å². The summed E-state index contributed by atoms with van der Waals surface area (Å²) in [5.41, 5.74) is 7.13. The van der Waals surface area contributed by atoms with Gasteiger partial charge >= 0.3 is 0 Å². The molecule has 114 valence electrons. The highest BCUT2D eigenvalue weighted by Crippen LogP contribution is 2.33. The van der Waals surface area contributed by atoms with Crippen molar-refractivity contribution in [1.82, 2.24) is 0 Å². The van der Waals surface area contributed by atoms with E-state index in [0.29, 0.717) is 6.61 Å². The second-order valence-corrected chi connectivity index (χ2v) is 5.48. The molecular formula is C18H25NO2. The molecule has 2 aromatic carbocycles. The molecule has 3 nitrogen and oxygen atoms in total. The summed E-state index contributed by atoms with van der Waals surface area (Å²) in [4.78, 5) is 0. The van der Waals surface area contributed by atoms with Crippen LogP contribution in [0.4, 0.5) is 0 Å². The summed E-state index contributed by atoms with van der Waals surface area (Å²) in [6.07, 6.45) is 4.01. The Labute approximate surface area is 126 Å². The number of hydrogen-bond acceptors (Lipinski definition) is 3. The second kappa shape index (κ2) is 8.01. The maximum atomic E-state index is 8.77. The van der Waals surface area contributed by atoms with Gasteiger partial charge in [0, 0.05) is 23.6 Å². The number of nitrogens with two attached hydrogens (primary N) is 1. The minimum atomic E-state index is -0.0426. The first kappa shape index (κ1) is 15.8. The summed E-state index contributed by atoms with van der Waals surface area (Å²) in [5.74, 6) is 0.922. The van der Waals surface area contributed by atoms with E-state index in [1.165, 1.54) is 5.39 Å². The highest BCUT2D eigenvalue weighted by atomic mass is 16.5. The number of rotatable bonds is 8. The van der Waals surface area contributed by atoms with E-state index < -0.39 is 0 Å². The van der Waals surface area contributed by atoms with Crippen LogP contribution in [0.1, 0.15) is 44.2 Å². The van der Waals surface area contributed by atoms with Gasteiger partial charge in [0.25, 0.3) is 0 Å². The third-order valence-corrected chi connectivity index (χ3v) is 3.70. The van der Waals surface area contributed by atoms with Crippen LogP contribution in [0.15, 0.2) is 36.4 Å². The van der Waals surface area contributed by atoms with Gasteiger partial charge in [-0.05, 0) is 31.6 Å².